The van der Waals surface area contributed by atoms with Crippen molar-refractivity contribution in [3.05, 3.63) is 30.1 Å². The van der Waals surface area contributed by atoms with E-state index in [0.29, 0.717) is 0 Å². The van der Waals surface area contributed by atoms with E-state index >= 15 is 0 Å². The third-order valence-corrected chi connectivity index (χ3v) is 1.80. The largest absolute Gasteiger partial charge is 0.481 e. The lowest BCUT2D eigenvalue weighted by Crippen LogP contribution is -2.14. The molecule has 0 aliphatic rings. The Kier molecular flexibility index (Phi) is 3.46. The Balaban J connectivity index is 2.77. The van der Waals surface area contributed by atoms with E-state index in [1.54, 1.807) is 18.5 Å². The second kappa shape index (κ2) is 4.61. The molecule has 15 heavy (non-hydrogen) atoms. The van der Waals surface area contributed by atoms with Gasteiger partial charge in [-0.2, -0.15) is 0 Å². The number of carboxylic acids is 1. The fourth-order valence-corrected chi connectivity index (χ4v) is 1.10. The van der Waals surface area contributed by atoms with Crippen molar-refractivity contribution in [2.75, 3.05) is 0 Å². The van der Waals surface area contributed by atoms with Crippen molar-refractivity contribution < 1.29 is 9.90 Å². The van der Waals surface area contributed by atoms with Crippen LogP contribution in [0.3, 0.4) is 0 Å². The molecule has 0 spiro atoms. The van der Waals surface area contributed by atoms with Crippen LogP contribution in [0.25, 0.3) is 0 Å². The van der Waals surface area contributed by atoms with Gasteiger partial charge in [0.15, 0.2) is 0 Å². The highest BCUT2D eigenvalue weighted by molar-refractivity contribution is 5.68. The molecule has 0 bridgehead atoms. The molecule has 1 aromatic heterocycles. The predicted molar refractivity (Wildman–Crippen MR) is 57.1 cm³/mol. The van der Waals surface area contributed by atoms with Gasteiger partial charge >= 0.3 is 5.97 Å². The van der Waals surface area contributed by atoms with Gasteiger partial charge in [0.05, 0.1) is 6.42 Å². The van der Waals surface area contributed by atoms with Crippen LogP contribution < -0.4 is 0 Å². The highest BCUT2D eigenvalue weighted by Gasteiger charge is 2.18. The summed E-state index contributed by atoms with van der Waals surface area (Å²) in [6.45, 7) is 3.62. The molecule has 0 fully saturated rings. The quantitative estimate of drug-likeness (QED) is 0.747. The zero-order chi connectivity index (χ0) is 11.3. The van der Waals surface area contributed by atoms with Gasteiger partial charge in [-0.1, -0.05) is 11.8 Å². The molecule has 1 heterocycles. The number of aliphatic carboxylic acids is 1. The lowest BCUT2D eigenvalue weighted by Gasteiger charge is -2.13. The second-order valence-corrected chi connectivity index (χ2v) is 3.95. The van der Waals surface area contributed by atoms with E-state index in [2.05, 4.69) is 16.8 Å². The van der Waals surface area contributed by atoms with Gasteiger partial charge < -0.3 is 5.11 Å². The Labute approximate surface area is 89.2 Å². The maximum atomic E-state index is 10.5. The third kappa shape index (κ3) is 4.28. The molecule has 0 saturated carbocycles. The lowest BCUT2D eigenvalue weighted by atomic mass is 9.90. The molecule has 0 radical (unpaired) electrons. The standard InChI is InChI=1S/C12H13NO2/c1-12(2,8-11(14)15)6-5-10-4-3-7-13-9-10/h3-4,7,9H,8H2,1-2H3,(H,14,15). The Morgan fingerprint density at radius 3 is 2.87 bits per heavy atom. The number of hydrogen-bond donors (Lipinski definition) is 1. The maximum absolute atomic E-state index is 10.5. The molecule has 0 aromatic carbocycles. The number of carboxylic acid groups (broad SMARTS) is 1. The summed E-state index contributed by atoms with van der Waals surface area (Å²) in [6.07, 6.45) is 3.37. The SMILES string of the molecule is CC(C)(C#Cc1cccnc1)CC(=O)O. The fourth-order valence-electron chi connectivity index (χ4n) is 1.10. The van der Waals surface area contributed by atoms with Gasteiger partial charge in [-0.15, -0.1) is 0 Å². The van der Waals surface area contributed by atoms with Crippen LogP contribution in [0.1, 0.15) is 25.8 Å². The first-order valence-electron chi connectivity index (χ1n) is 4.65. The smallest absolute Gasteiger partial charge is 0.304 e. The van der Waals surface area contributed by atoms with Crippen molar-refractivity contribution in [2.45, 2.75) is 20.3 Å². The number of rotatable bonds is 2. The first-order valence-corrected chi connectivity index (χ1v) is 4.65. The molecule has 1 N–H and O–H groups in total. The van der Waals surface area contributed by atoms with Gasteiger partial charge in [0, 0.05) is 23.4 Å². The van der Waals surface area contributed by atoms with E-state index in [0.717, 1.165) is 5.56 Å². The minimum Gasteiger partial charge on any atom is -0.481 e. The highest BCUT2D eigenvalue weighted by atomic mass is 16.4. The Hall–Kier alpha value is -1.82. The number of aromatic nitrogens is 1. The Bertz CT molecular complexity index is 399. The zero-order valence-corrected chi connectivity index (χ0v) is 8.82. The van der Waals surface area contributed by atoms with E-state index in [9.17, 15) is 4.79 Å². The first-order chi connectivity index (χ1) is 6.99. The maximum Gasteiger partial charge on any atom is 0.304 e. The van der Waals surface area contributed by atoms with Crippen LogP contribution in [0.2, 0.25) is 0 Å². The Morgan fingerprint density at radius 1 is 1.60 bits per heavy atom. The molecule has 78 valence electrons. The lowest BCUT2D eigenvalue weighted by molar-refractivity contribution is -0.138. The van der Waals surface area contributed by atoms with Crippen LogP contribution in [0.15, 0.2) is 24.5 Å². The topological polar surface area (TPSA) is 50.2 Å². The first kappa shape index (κ1) is 11.3. The molecule has 0 atom stereocenters. The van der Waals surface area contributed by atoms with Crippen LogP contribution in [-0.4, -0.2) is 16.1 Å². The molecular weight excluding hydrogens is 190 g/mol. The predicted octanol–water partition coefficient (Wildman–Crippen LogP) is 1.93. The number of pyridine rings is 1. The minimum atomic E-state index is -0.833. The van der Waals surface area contributed by atoms with E-state index in [1.165, 1.54) is 0 Å². The molecule has 3 heteroatoms. The second-order valence-electron chi connectivity index (χ2n) is 3.95. The summed E-state index contributed by atoms with van der Waals surface area (Å²) in [5.41, 5.74) is 0.290. The van der Waals surface area contributed by atoms with Crippen molar-refractivity contribution in [3.63, 3.8) is 0 Å². The van der Waals surface area contributed by atoms with Crippen molar-refractivity contribution >= 4 is 5.97 Å². The fraction of sp³-hybridized carbons (Fsp3) is 0.333. The highest BCUT2D eigenvalue weighted by Crippen LogP contribution is 2.18. The monoisotopic (exact) mass is 203 g/mol. The summed E-state index contributed by atoms with van der Waals surface area (Å²) in [6, 6.07) is 3.64. The van der Waals surface area contributed by atoms with Gasteiger partial charge in [0.25, 0.3) is 0 Å². The summed E-state index contributed by atoms with van der Waals surface area (Å²) >= 11 is 0. The van der Waals surface area contributed by atoms with Crippen molar-refractivity contribution in [3.8, 4) is 11.8 Å². The normalized spacial score (nSPS) is 10.3. The molecule has 3 nitrogen and oxygen atoms in total. The molecule has 0 aliphatic heterocycles. The van der Waals surface area contributed by atoms with Crippen LogP contribution in [0.5, 0.6) is 0 Å². The number of nitrogens with zero attached hydrogens (tertiary/aromatic N) is 1. The number of hydrogen-bond acceptors (Lipinski definition) is 2. The van der Waals surface area contributed by atoms with Crippen LogP contribution in [0.4, 0.5) is 0 Å². The molecule has 1 rings (SSSR count). The van der Waals surface area contributed by atoms with Crippen LogP contribution in [-0.2, 0) is 4.79 Å². The van der Waals surface area contributed by atoms with E-state index in [4.69, 9.17) is 5.11 Å². The summed E-state index contributed by atoms with van der Waals surface area (Å²) in [7, 11) is 0. The molecule has 0 amide bonds. The van der Waals surface area contributed by atoms with Gasteiger partial charge in [-0.25, -0.2) is 0 Å². The third-order valence-electron chi connectivity index (χ3n) is 1.80. The van der Waals surface area contributed by atoms with E-state index in [-0.39, 0.29) is 6.42 Å². The molecule has 0 unspecified atom stereocenters. The van der Waals surface area contributed by atoms with Crippen molar-refractivity contribution in [2.24, 2.45) is 5.41 Å². The molecule has 0 aliphatic carbocycles. The van der Waals surface area contributed by atoms with E-state index < -0.39 is 11.4 Å². The summed E-state index contributed by atoms with van der Waals surface area (Å²) in [5, 5.41) is 8.67. The minimum absolute atomic E-state index is 0.0419. The summed E-state index contributed by atoms with van der Waals surface area (Å²) < 4.78 is 0. The molecule has 1 aromatic rings. The molecular formula is C12H13NO2. The Morgan fingerprint density at radius 2 is 2.33 bits per heavy atom. The van der Waals surface area contributed by atoms with Gasteiger partial charge in [-0.05, 0) is 26.0 Å². The molecule has 0 saturated heterocycles. The summed E-state index contributed by atoms with van der Waals surface area (Å²) in [5.74, 6) is 5.02. The number of carbonyl (C=O) groups is 1. The summed E-state index contributed by atoms with van der Waals surface area (Å²) in [4.78, 5) is 14.5. The van der Waals surface area contributed by atoms with Gasteiger partial charge in [0.1, 0.15) is 0 Å². The van der Waals surface area contributed by atoms with Crippen molar-refractivity contribution in [1.29, 1.82) is 0 Å². The van der Waals surface area contributed by atoms with Crippen molar-refractivity contribution in [1.82, 2.24) is 4.98 Å². The van der Waals surface area contributed by atoms with E-state index in [1.807, 2.05) is 19.9 Å². The van der Waals surface area contributed by atoms with Gasteiger partial charge in [-0.3, -0.25) is 9.78 Å². The average molecular weight is 203 g/mol. The zero-order valence-electron chi connectivity index (χ0n) is 8.82. The van der Waals surface area contributed by atoms with Gasteiger partial charge in [0.2, 0.25) is 0 Å². The average Bonchev–Trinajstić information content (AvgIpc) is 2.15. The van der Waals surface area contributed by atoms with Crippen LogP contribution in [0, 0.1) is 17.3 Å². The van der Waals surface area contributed by atoms with Crippen LogP contribution >= 0.6 is 0 Å².